The maximum absolute atomic E-state index is 11.6. The lowest BCUT2D eigenvalue weighted by molar-refractivity contribution is -0.137. The number of nitrogens with zero attached hydrogens (tertiary/aromatic N) is 2. The number of rotatable bonds is 4. The summed E-state index contributed by atoms with van der Waals surface area (Å²) in [4.78, 5) is 18.7. The van der Waals surface area contributed by atoms with Gasteiger partial charge >= 0.3 is 5.97 Å². The Hall–Kier alpha value is -2.27. The van der Waals surface area contributed by atoms with E-state index in [-0.39, 0.29) is 17.8 Å². The Morgan fingerprint density at radius 2 is 2.00 bits per heavy atom. The van der Waals surface area contributed by atoms with Gasteiger partial charge in [-0.25, -0.2) is 4.98 Å². The number of aliphatic carboxylic acids is 1. The molecule has 28 heavy (non-hydrogen) atoms. The van der Waals surface area contributed by atoms with Crippen molar-refractivity contribution in [1.82, 2.24) is 9.55 Å². The lowest BCUT2D eigenvalue weighted by atomic mass is 9.85. The van der Waals surface area contributed by atoms with Crippen molar-refractivity contribution in [2.75, 3.05) is 0 Å². The van der Waals surface area contributed by atoms with E-state index < -0.39 is 5.97 Å². The van der Waals surface area contributed by atoms with Crippen LogP contribution < -0.4 is 0 Å². The zero-order chi connectivity index (χ0) is 19.9. The summed E-state index contributed by atoms with van der Waals surface area (Å²) in [5.74, 6) is -0.706. The van der Waals surface area contributed by atoms with E-state index in [0.717, 1.165) is 30.7 Å². The summed E-state index contributed by atoms with van der Waals surface area (Å²) in [6, 6.07) is 12.5. The highest BCUT2D eigenvalue weighted by Crippen LogP contribution is 2.47. The van der Waals surface area contributed by atoms with Gasteiger partial charge in [-0.05, 0) is 42.0 Å². The molecule has 4 rings (SSSR count). The number of fused-ring (bicyclic) bond motifs is 3. The van der Waals surface area contributed by atoms with Crippen molar-refractivity contribution in [2.45, 2.75) is 67.7 Å². The predicted octanol–water partition coefficient (Wildman–Crippen LogP) is 5.84. The number of benzene rings is 1. The van der Waals surface area contributed by atoms with Crippen LogP contribution in [-0.2, 0) is 16.8 Å². The zero-order valence-corrected chi connectivity index (χ0v) is 17.4. The fourth-order valence-electron chi connectivity index (χ4n) is 4.25. The summed E-state index contributed by atoms with van der Waals surface area (Å²) in [7, 11) is 0. The van der Waals surface area contributed by atoms with Crippen molar-refractivity contribution in [1.29, 1.82) is 0 Å². The maximum atomic E-state index is 11.6. The van der Waals surface area contributed by atoms with E-state index in [9.17, 15) is 9.90 Å². The van der Waals surface area contributed by atoms with Gasteiger partial charge in [0.1, 0.15) is 5.65 Å². The van der Waals surface area contributed by atoms with E-state index in [1.54, 1.807) is 11.8 Å². The first-order valence-electron chi connectivity index (χ1n) is 9.82. The molecule has 1 aromatic carbocycles. The van der Waals surface area contributed by atoms with E-state index in [1.807, 2.05) is 24.4 Å². The minimum absolute atomic E-state index is 0.0208. The summed E-state index contributed by atoms with van der Waals surface area (Å²) < 4.78 is 2.28. The summed E-state index contributed by atoms with van der Waals surface area (Å²) in [6.07, 6.45) is 3.97. The highest BCUT2D eigenvalue weighted by molar-refractivity contribution is 7.99. The maximum Gasteiger partial charge on any atom is 0.304 e. The first kappa shape index (κ1) is 19.1. The van der Waals surface area contributed by atoms with E-state index in [2.05, 4.69) is 43.5 Å². The van der Waals surface area contributed by atoms with Crippen LogP contribution in [0.25, 0.3) is 11.0 Å². The normalized spacial score (nSPS) is 16.9. The second-order valence-corrected chi connectivity index (χ2v) is 9.61. The fourth-order valence-corrected chi connectivity index (χ4v) is 5.47. The Bertz CT molecular complexity index is 1020. The van der Waals surface area contributed by atoms with Crippen molar-refractivity contribution in [3.63, 3.8) is 0 Å². The van der Waals surface area contributed by atoms with Gasteiger partial charge in [-0.2, -0.15) is 0 Å². The number of carbonyl (C=O) groups is 1. The van der Waals surface area contributed by atoms with Crippen LogP contribution in [0, 0.1) is 0 Å². The molecule has 1 unspecified atom stereocenters. The number of hydrogen-bond donors (Lipinski definition) is 1. The molecular weight excluding hydrogens is 368 g/mol. The molecular formula is C23H26N2O2S. The van der Waals surface area contributed by atoms with Gasteiger partial charge in [-0.3, -0.25) is 4.79 Å². The average molecular weight is 395 g/mol. The highest BCUT2D eigenvalue weighted by atomic mass is 32.2. The van der Waals surface area contributed by atoms with E-state index >= 15 is 0 Å². The molecule has 1 N–H and O–H groups in total. The molecule has 0 radical (unpaired) electrons. The largest absolute Gasteiger partial charge is 0.481 e. The van der Waals surface area contributed by atoms with Gasteiger partial charge in [0.05, 0.1) is 6.42 Å². The molecule has 0 saturated heterocycles. The summed E-state index contributed by atoms with van der Waals surface area (Å²) >= 11 is 1.75. The Balaban J connectivity index is 2.00. The van der Waals surface area contributed by atoms with Crippen LogP contribution in [-0.4, -0.2) is 20.6 Å². The smallest absolute Gasteiger partial charge is 0.304 e. The number of aromatic nitrogens is 2. The van der Waals surface area contributed by atoms with Crippen LogP contribution in [0.2, 0.25) is 0 Å². The van der Waals surface area contributed by atoms with E-state index in [1.165, 1.54) is 20.7 Å². The third-order valence-corrected chi connectivity index (χ3v) is 6.58. The van der Waals surface area contributed by atoms with Crippen molar-refractivity contribution < 1.29 is 9.90 Å². The molecule has 0 amide bonds. The van der Waals surface area contributed by atoms with Crippen molar-refractivity contribution in [2.24, 2.45) is 0 Å². The third kappa shape index (κ3) is 3.44. The summed E-state index contributed by atoms with van der Waals surface area (Å²) in [5.41, 5.74) is 3.40. The Morgan fingerprint density at radius 1 is 1.25 bits per heavy atom. The molecule has 3 heterocycles. The number of hydrogen-bond acceptors (Lipinski definition) is 3. The van der Waals surface area contributed by atoms with Crippen LogP contribution >= 0.6 is 11.8 Å². The molecule has 3 aromatic rings. The highest BCUT2D eigenvalue weighted by Gasteiger charge is 2.32. The van der Waals surface area contributed by atoms with Gasteiger partial charge in [0.15, 0.2) is 0 Å². The summed E-state index contributed by atoms with van der Waals surface area (Å²) in [5, 5.41) is 10.7. The number of carboxylic acid groups (broad SMARTS) is 1. The molecule has 1 aliphatic heterocycles. The monoisotopic (exact) mass is 394 g/mol. The van der Waals surface area contributed by atoms with Gasteiger partial charge in [0.2, 0.25) is 0 Å². The molecule has 5 heteroatoms. The van der Waals surface area contributed by atoms with Crippen molar-refractivity contribution in [3.8, 4) is 0 Å². The van der Waals surface area contributed by atoms with Crippen LogP contribution in [0.1, 0.15) is 57.2 Å². The molecule has 0 fully saturated rings. The topological polar surface area (TPSA) is 55.1 Å². The molecule has 0 saturated carbocycles. The number of carboxylic acids is 1. The quantitative estimate of drug-likeness (QED) is 0.604. The lowest BCUT2D eigenvalue weighted by Crippen LogP contribution is -2.18. The molecule has 4 nitrogen and oxygen atoms in total. The zero-order valence-electron chi connectivity index (χ0n) is 16.6. The van der Waals surface area contributed by atoms with Gasteiger partial charge in [0.25, 0.3) is 0 Å². The van der Waals surface area contributed by atoms with Gasteiger partial charge < -0.3 is 9.67 Å². The third-order valence-electron chi connectivity index (χ3n) is 5.45. The first-order chi connectivity index (χ1) is 13.4. The summed E-state index contributed by atoms with van der Waals surface area (Å²) in [6.45, 7) is 7.58. The number of aryl methyl sites for hydroxylation is 1. The van der Waals surface area contributed by atoms with Crippen molar-refractivity contribution in [3.05, 3.63) is 53.9 Å². The second-order valence-electron chi connectivity index (χ2n) is 8.53. The fraction of sp³-hybridized carbons (Fsp3) is 0.391. The lowest BCUT2D eigenvalue weighted by Gasteiger charge is -2.25. The minimum Gasteiger partial charge on any atom is -0.481 e. The SMILES string of the molecule is CC(C)(C)c1ccnc2c1c(Sc1ccccc1)c1n2CCCC1CC(=O)O. The Kier molecular flexibility index (Phi) is 4.96. The van der Waals surface area contributed by atoms with Gasteiger partial charge in [0, 0.05) is 39.5 Å². The van der Waals surface area contributed by atoms with E-state index in [0.29, 0.717) is 0 Å². The molecule has 0 bridgehead atoms. The predicted molar refractivity (Wildman–Crippen MR) is 113 cm³/mol. The Morgan fingerprint density at radius 3 is 2.68 bits per heavy atom. The Labute approximate surface area is 170 Å². The number of pyridine rings is 1. The molecule has 0 aliphatic carbocycles. The molecule has 1 aliphatic rings. The molecule has 1 atom stereocenters. The van der Waals surface area contributed by atoms with Crippen molar-refractivity contribution >= 4 is 28.8 Å². The standard InChI is InChI=1S/C23H26N2O2S/c1-23(2,3)17-11-12-24-22-19(17)21(28-16-9-5-4-6-10-16)20-15(14-18(26)27)8-7-13-25(20)22/h4-6,9-12,15H,7-8,13-14H2,1-3H3,(H,26,27). The van der Waals surface area contributed by atoms with E-state index in [4.69, 9.17) is 4.98 Å². The van der Waals surface area contributed by atoms with Crippen LogP contribution in [0.5, 0.6) is 0 Å². The van der Waals surface area contributed by atoms with Crippen LogP contribution in [0.15, 0.2) is 52.4 Å². The average Bonchev–Trinajstić information content (AvgIpc) is 2.96. The first-order valence-corrected chi connectivity index (χ1v) is 10.6. The van der Waals surface area contributed by atoms with Gasteiger partial charge in [-0.15, -0.1) is 0 Å². The molecule has 2 aromatic heterocycles. The molecule has 0 spiro atoms. The van der Waals surface area contributed by atoms with Gasteiger partial charge in [-0.1, -0.05) is 50.7 Å². The minimum atomic E-state index is -0.733. The van der Waals surface area contributed by atoms with Crippen LogP contribution in [0.4, 0.5) is 0 Å². The second kappa shape index (κ2) is 7.28. The van der Waals surface area contributed by atoms with Crippen LogP contribution in [0.3, 0.4) is 0 Å². The molecule has 146 valence electrons.